The number of hydrogen-bond donors (Lipinski definition) is 2. The average Bonchev–Trinajstić information content (AvgIpc) is 2.46. The molecular formula is C14H14BrIN2O2. The molecule has 2 N–H and O–H groups in total. The molecular weight excluding hydrogens is 435 g/mol. The molecule has 0 radical (unpaired) electrons. The molecule has 0 amide bonds. The number of pyridine rings is 1. The number of nitrogens with zero attached hydrogens (tertiary/aromatic N) is 1. The van der Waals surface area contributed by atoms with Gasteiger partial charge in [0.25, 0.3) is 0 Å². The topological polar surface area (TPSA) is 54.4 Å². The highest BCUT2D eigenvalue weighted by Gasteiger charge is 2.05. The first-order valence-electron chi connectivity index (χ1n) is 6.05. The van der Waals surface area contributed by atoms with Crippen molar-refractivity contribution in [1.29, 1.82) is 0 Å². The SMILES string of the molecule is OC(CNc1ccc(Br)cn1)COc1ccc(I)cc1. The van der Waals surface area contributed by atoms with Crippen LogP contribution in [-0.2, 0) is 0 Å². The molecule has 6 heteroatoms. The molecule has 1 heterocycles. The summed E-state index contributed by atoms with van der Waals surface area (Å²) in [7, 11) is 0. The van der Waals surface area contributed by atoms with Gasteiger partial charge in [-0.1, -0.05) is 0 Å². The zero-order valence-electron chi connectivity index (χ0n) is 10.6. The number of benzene rings is 1. The number of aliphatic hydroxyl groups excluding tert-OH is 1. The molecule has 0 saturated carbocycles. The van der Waals surface area contributed by atoms with E-state index < -0.39 is 6.10 Å². The highest BCUT2D eigenvalue weighted by atomic mass is 127. The van der Waals surface area contributed by atoms with Gasteiger partial charge in [-0.05, 0) is 74.9 Å². The van der Waals surface area contributed by atoms with Gasteiger partial charge in [0.05, 0.1) is 0 Å². The van der Waals surface area contributed by atoms with Crippen molar-refractivity contribution >= 4 is 44.3 Å². The van der Waals surface area contributed by atoms with Crippen molar-refractivity contribution in [2.24, 2.45) is 0 Å². The normalized spacial score (nSPS) is 11.9. The number of ether oxygens (including phenoxy) is 1. The van der Waals surface area contributed by atoms with Crippen LogP contribution in [-0.4, -0.2) is 29.3 Å². The van der Waals surface area contributed by atoms with Crippen molar-refractivity contribution in [3.8, 4) is 5.75 Å². The molecule has 1 unspecified atom stereocenters. The molecule has 20 heavy (non-hydrogen) atoms. The van der Waals surface area contributed by atoms with E-state index in [0.717, 1.165) is 19.6 Å². The van der Waals surface area contributed by atoms with Gasteiger partial charge in [-0.15, -0.1) is 0 Å². The van der Waals surface area contributed by atoms with Gasteiger partial charge in [0.15, 0.2) is 0 Å². The van der Waals surface area contributed by atoms with Gasteiger partial charge in [-0.3, -0.25) is 0 Å². The monoisotopic (exact) mass is 448 g/mol. The molecule has 106 valence electrons. The Hall–Kier alpha value is -0.860. The number of nitrogens with one attached hydrogen (secondary N) is 1. The van der Waals surface area contributed by atoms with Crippen molar-refractivity contribution < 1.29 is 9.84 Å². The molecule has 2 aromatic rings. The third kappa shape index (κ3) is 5.26. The van der Waals surface area contributed by atoms with Crippen molar-refractivity contribution in [2.45, 2.75) is 6.10 Å². The Morgan fingerprint density at radius 1 is 1.25 bits per heavy atom. The van der Waals surface area contributed by atoms with E-state index in [4.69, 9.17) is 4.74 Å². The summed E-state index contributed by atoms with van der Waals surface area (Å²) in [6.45, 7) is 0.628. The Labute approximate surface area is 139 Å². The third-order valence-corrected chi connectivity index (χ3v) is 3.69. The quantitative estimate of drug-likeness (QED) is 0.666. The fourth-order valence-corrected chi connectivity index (χ4v) is 2.08. The Morgan fingerprint density at radius 2 is 2.00 bits per heavy atom. The molecule has 0 saturated heterocycles. The summed E-state index contributed by atoms with van der Waals surface area (Å²) < 4.78 is 7.58. The maximum absolute atomic E-state index is 9.85. The van der Waals surface area contributed by atoms with Crippen LogP contribution < -0.4 is 10.1 Å². The van der Waals surface area contributed by atoms with E-state index in [1.54, 1.807) is 6.20 Å². The van der Waals surface area contributed by atoms with E-state index in [1.807, 2.05) is 36.4 Å². The zero-order chi connectivity index (χ0) is 14.4. The number of anilines is 1. The molecule has 2 rings (SSSR count). The third-order valence-electron chi connectivity index (χ3n) is 2.50. The van der Waals surface area contributed by atoms with Gasteiger partial charge in [0, 0.05) is 20.8 Å². The molecule has 4 nitrogen and oxygen atoms in total. The van der Waals surface area contributed by atoms with E-state index in [0.29, 0.717) is 6.54 Å². The van der Waals surface area contributed by atoms with Gasteiger partial charge in [0.2, 0.25) is 0 Å². The van der Waals surface area contributed by atoms with E-state index in [2.05, 4.69) is 48.8 Å². The fourth-order valence-electron chi connectivity index (χ4n) is 1.48. The Balaban J connectivity index is 1.73. The number of hydrogen-bond acceptors (Lipinski definition) is 4. The molecule has 0 aliphatic heterocycles. The molecule has 0 spiro atoms. The predicted molar refractivity (Wildman–Crippen MR) is 91.1 cm³/mol. The maximum atomic E-state index is 9.85. The summed E-state index contributed by atoms with van der Waals surface area (Å²) in [5.74, 6) is 1.48. The van der Waals surface area contributed by atoms with Gasteiger partial charge < -0.3 is 15.2 Å². The van der Waals surface area contributed by atoms with E-state index in [9.17, 15) is 5.11 Å². The lowest BCUT2D eigenvalue weighted by atomic mass is 10.3. The minimum absolute atomic E-state index is 0.240. The number of rotatable bonds is 6. The van der Waals surface area contributed by atoms with Gasteiger partial charge in [-0.25, -0.2) is 4.98 Å². The molecule has 1 atom stereocenters. The van der Waals surface area contributed by atoms with Crippen LogP contribution in [0, 0.1) is 3.57 Å². The van der Waals surface area contributed by atoms with Crippen LogP contribution in [0.2, 0.25) is 0 Å². The standard InChI is InChI=1S/C14H14BrIN2O2/c15-10-1-6-14(17-7-10)18-8-12(19)9-20-13-4-2-11(16)3-5-13/h1-7,12,19H,8-9H2,(H,17,18). The predicted octanol–water partition coefficient (Wildman–Crippen LogP) is 3.30. The Bertz CT molecular complexity index is 484. The molecule has 1 aromatic carbocycles. The highest BCUT2D eigenvalue weighted by molar-refractivity contribution is 14.1. The maximum Gasteiger partial charge on any atom is 0.126 e. The first-order chi connectivity index (χ1) is 9.63. The lowest BCUT2D eigenvalue weighted by Crippen LogP contribution is -2.26. The van der Waals surface area contributed by atoms with Crippen LogP contribution in [0.4, 0.5) is 5.82 Å². The number of halogens is 2. The molecule has 0 bridgehead atoms. The minimum Gasteiger partial charge on any atom is -0.491 e. The zero-order valence-corrected chi connectivity index (χ0v) is 14.3. The lowest BCUT2D eigenvalue weighted by Gasteiger charge is -2.13. The largest absolute Gasteiger partial charge is 0.491 e. The lowest BCUT2D eigenvalue weighted by molar-refractivity contribution is 0.117. The molecule has 0 aliphatic carbocycles. The Morgan fingerprint density at radius 3 is 2.65 bits per heavy atom. The number of aliphatic hydroxyl groups is 1. The van der Waals surface area contributed by atoms with Crippen molar-refractivity contribution in [1.82, 2.24) is 4.98 Å². The van der Waals surface area contributed by atoms with E-state index in [1.165, 1.54) is 0 Å². The van der Waals surface area contributed by atoms with Gasteiger partial charge in [0.1, 0.15) is 24.3 Å². The fraction of sp³-hybridized carbons (Fsp3) is 0.214. The summed E-state index contributed by atoms with van der Waals surface area (Å²) >= 11 is 5.56. The highest BCUT2D eigenvalue weighted by Crippen LogP contribution is 2.14. The summed E-state index contributed by atoms with van der Waals surface area (Å²) in [4.78, 5) is 4.17. The molecule has 0 aliphatic rings. The van der Waals surface area contributed by atoms with Crippen LogP contribution in [0.3, 0.4) is 0 Å². The first-order valence-corrected chi connectivity index (χ1v) is 7.92. The summed E-state index contributed by atoms with van der Waals surface area (Å²) in [6, 6.07) is 11.4. The van der Waals surface area contributed by atoms with E-state index >= 15 is 0 Å². The van der Waals surface area contributed by atoms with Crippen LogP contribution >= 0.6 is 38.5 Å². The minimum atomic E-state index is -0.597. The first kappa shape index (κ1) is 15.5. The van der Waals surface area contributed by atoms with Gasteiger partial charge >= 0.3 is 0 Å². The number of aromatic nitrogens is 1. The van der Waals surface area contributed by atoms with Gasteiger partial charge in [-0.2, -0.15) is 0 Å². The smallest absolute Gasteiger partial charge is 0.126 e. The van der Waals surface area contributed by atoms with Crippen molar-refractivity contribution in [2.75, 3.05) is 18.5 Å². The van der Waals surface area contributed by atoms with Crippen LogP contribution in [0.1, 0.15) is 0 Å². The van der Waals surface area contributed by atoms with Crippen LogP contribution in [0.25, 0.3) is 0 Å². The second-order valence-electron chi connectivity index (χ2n) is 4.16. The van der Waals surface area contributed by atoms with Crippen LogP contribution in [0.5, 0.6) is 5.75 Å². The van der Waals surface area contributed by atoms with Crippen molar-refractivity contribution in [3.05, 3.63) is 50.6 Å². The second-order valence-corrected chi connectivity index (χ2v) is 6.32. The molecule has 0 fully saturated rings. The van der Waals surface area contributed by atoms with Crippen LogP contribution in [0.15, 0.2) is 47.1 Å². The second kappa shape index (κ2) is 7.80. The van der Waals surface area contributed by atoms with Crippen molar-refractivity contribution in [3.63, 3.8) is 0 Å². The van der Waals surface area contributed by atoms with E-state index in [-0.39, 0.29) is 6.61 Å². The summed E-state index contributed by atoms with van der Waals surface area (Å²) in [5.41, 5.74) is 0. The summed E-state index contributed by atoms with van der Waals surface area (Å²) in [5, 5.41) is 12.9. The average molecular weight is 449 g/mol. The Kier molecular flexibility index (Phi) is 6.06. The molecule has 1 aromatic heterocycles. The summed E-state index contributed by atoms with van der Waals surface area (Å²) in [6.07, 6.45) is 1.11.